The Morgan fingerprint density at radius 3 is 2.33 bits per heavy atom. The zero-order valence-corrected chi connectivity index (χ0v) is 4.50. The van der Waals surface area contributed by atoms with Gasteiger partial charge in [0.2, 0.25) is 0 Å². The van der Waals surface area contributed by atoms with E-state index < -0.39 is 0 Å². The van der Waals surface area contributed by atoms with E-state index >= 15 is 0 Å². The molecule has 3 nitrogen and oxygen atoms in total. The van der Waals surface area contributed by atoms with Gasteiger partial charge in [0, 0.05) is 12.1 Å². The predicted molar refractivity (Wildman–Crippen MR) is 30.3 cm³/mol. The van der Waals surface area contributed by atoms with E-state index in [1.165, 1.54) is 0 Å². The molecule has 1 rings (SSSR count). The van der Waals surface area contributed by atoms with Gasteiger partial charge < -0.3 is 15.3 Å². The highest BCUT2D eigenvalue weighted by atomic mass is 16.3. The van der Waals surface area contributed by atoms with E-state index in [0.29, 0.717) is 0 Å². The number of hydrogen-bond donors (Lipinski definition) is 3. The number of benzene rings is 1. The second-order valence-electron chi connectivity index (χ2n) is 1.59. The van der Waals surface area contributed by atoms with Crippen molar-refractivity contribution in [3.63, 3.8) is 0 Å². The van der Waals surface area contributed by atoms with Crippen molar-refractivity contribution in [2.24, 2.45) is 0 Å². The van der Waals surface area contributed by atoms with Gasteiger partial charge in [-0.3, -0.25) is 0 Å². The molecule has 1 aromatic carbocycles. The lowest BCUT2D eigenvalue weighted by Crippen LogP contribution is -1.67. The van der Waals surface area contributed by atoms with Gasteiger partial charge in [-0.25, -0.2) is 0 Å². The lowest BCUT2D eigenvalue weighted by atomic mass is 10.3. The zero-order chi connectivity index (χ0) is 6.85. The van der Waals surface area contributed by atoms with E-state index in [-0.39, 0.29) is 17.2 Å². The van der Waals surface area contributed by atoms with Crippen LogP contribution in [0.1, 0.15) is 0 Å². The molecule has 0 atom stereocenters. The van der Waals surface area contributed by atoms with E-state index in [4.69, 9.17) is 15.3 Å². The van der Waals surface area contributed by atoms with E-state index in [0.717, 1.165) is 12.1 Å². The van der Waals surface area contributed by atoms with Crippen LogP contribution < -0.4 is 0 Å². The molecule has 0 saturated carbocycles. The highest BCUT2D eigenvalue weighted by Crippen LogP contribution is 2.26. The summed E-state index contributed by atoms with van der Waals surface area (Å²) < 4.78 is 0. The summed E-state index contributed by atoms with van der Waals surface area (Å²) in [5, 5.41) is 25.9. The molecule has 0 spiro atoms. The van der Waals surface area contributed by atoms with E-state index in [1.54, 1.807) is 0 Å². The highest BCUT2D eigenvalue weighted by molar-refractivity contribution is 5.41. The molecular formula is C6H5O3. The Hall–Kier alpha value is -1.38. The van der Waals surface area contributed by atoms with Crippen molar-refractivity contribution < 1.29 is 15.3 Å². The molecule has 0 saturated heterocycles. The normalized spacial score (nSPS) is 9.33. The molecule has 1 radical (unpaired) electrons. The van der Waals surface area contributed by atoms with Crippen molar-refractivity contribution in [3.8, 4) is 17.2 Å². The summed E-state index contributed by atoms with van der Waals surface area (Å²) in [7, 11) is 0. The largest absolute Gasteiger partial charge is 0.508 e. The molecule has 0 heterocycles. The number of phenolic OH excluding ortho intramolecular Hbond substituents is 3. The van der Waals surface area contributed by atoms with Crippen LogP contribution in [-0.4, -0.2) is 15.3 Å². The molecule has 0 aliphatic rings. The Kier molecular flexibility index (Phi) is 1.18. The van der Waals surface area contributed by atoms with E-state index in [2.05, 4.69) is 6.07 Å². The van der Waals surface area contributed by atoms with Crippen LogP contribution in [0.15, 0.2) is 12.1 Å². The van der Waals surface area contributed by atoms with Gasteiger partial charge in [0.15, 0.2) is 11.5 Å². The molecule has 0 aromatic heterocycles. The number of aromatic hydroxyl groups is 3. The first kappa shape index (κ1) is 5.75. The second kappa shape index (κ2) is 1.85. The monoisotopic (exact) mass is 125 g/mol. The maximum atomic E-state index is 8.66. The summed E-state index contributed by atoms with van der Waals surface area (Å²) in [6.07, 6.45) is 0. The predicted octanol–water partition coefficient (Wildman–Crippen LogP) is 0.604. The Balaban J connectivity index is 3.17. The van der Waals surface area contributed by atoms with Crippen LogP contribution in [0.25, 0.3) is 0 Å². The Morgan fingerprint density at radius 2 is 1.89 bits per heavy atom. The minimum atomic E-state index is -0.366. The minimum Gasteiger partial charge on any atom is -0.508 e. The van der Waals surface area contributed by atoms with Gasteiger partial charge in [-0.15, -0.1) is 0 Å². The van der Waals surface area contributed by atoms with Gasteiger partial charge in [-0.05, 0) is 6.07 Å². The van der Waals surface area contributed by atoms with Crippen molar-refractivity contribution in [1.29, 1.82) is 0 Å². The summed E-state index contributed by atoms with van der Waals surface area (Å²) in [6.45, 7) is 0. The number of rotatable bonds is 0. The third-order valence-corrected chi connectivity index (χ3v) is 0.884. The third-order valence-electron chi connectivity index (χ3n) is 0.884. The standard InChI is InChI=1S/C6H5O3/c7-4-1-2-5(8)6(9)3-4/h1,3,7-9H. The van der Waals surface area contributed by atoms with Crippen molar-refractivity contribution in [2.45, 2.75) is 0 Å². The SMILES string of the molecule is Oc1c[c]c(O)c(O)c1. The maximum absolute atomic E-state index is 8.66. The molecule has 0 amide bonds. The van der Waals surface area contributed by atoms with Crippen LogP contribution in [0.4, 0.5) is 0 Å². The summed E-state index contributed by atoms with van der Waals surface area (Å²) in [5.41, 5.74) is 0. The van der Waals surface area contributed by atoms with Gasteiger partial charge in [-0.2, -0.15) is 0 Å². The molecule has 0 unspecified atom stereocenters. The fraction of sp³-hybridized carbons (Fsp3) is 0. The molecule has 0 aliphatic heterocycles. The van der Waals surface area contributed by atoms with Gasteiger partial charge in [0.1, 0.15) is 5.75 Å². The summed E-state index contributed by atoms with van der Waals surface area (Å²) in [5.74, 6) is -0.840. The smallest absolute Gasteiger partial charge is 0.165 e. The summed E-state index contributed by atoms with van der Waals surface area (Å²) in [4.78, 5) is 0. The lowest BCUT2D eigenvalue weighted by Gasteiger charge is -1.94. The second-order valence-corrected chi connectivity index (χ2v) is 1.59. The third kappa shape index (κ3) is 1.05. The Bertz CT molecular complexity index is 220. The first-order chi connectivity index (χ1) is 4.20. The van der Waals surface area contributed by atoms with Crippen molar-refractivity contribution in [1.82, 2.24) is 0 Å². The van der Waals surface area contributed by atoms with Crippen molar-refractivity contribution >= 4 is 0 Å². The van der Waals surface area contributed by atoms with Crippen LogP contribution >= 0.6 is 0 Å². The highest BCUT2D eigenvalue weighted by Gasteiger charge is 1.97. The van der Waals surface area contributed by atoms with Crippen molar-refractivity contribution in [3.05, 3.63) is 18.2 Å². The van der Waals surface area contributed by atoms with Gasteiger partial charge in [-0.1, -0.05) is 0 Å². The van der Waals surface area contributed by atoms with Crippen LogP contribution in [-0.2, 0) is 0 Å². The molecule has 47 valence electrons. The van der Waals surface area contributed by atoms with Gasteiger partial charge in [0.25, 0.3) is 0 Å². The Morgan fingerprint density at radius 1 is 1.22 bits per heavy atom. The lowest BCUT2D eigenvalue weighted by molar-refractivity contribution is 0.395. The topological polar surface area (TPSA) is 60.7 Å². The van der Waals surface area contributed by atoms with E-state index in [9.17, 15) is 0 Å². The quantitative estimate of drug-likeness (QED) is 0.351. The fourth-order valence-electron chi connectivity index (χ4n) is 0.466. The molecule has 0 bridgehead atoms. The van der Waals surface area contributed by atoms with Crippen LogP contribution in [0.2, 0.25) is 0 Å². The number of phenols is 3. The van der Waals surface area contributed by atoms with Crippen molar-refractivity contribution in [2.75, 3.05) is 0 Å². The van der Waals surface area contributed by atoms with Gasteiger partial charge in [0.05, 0.1) is 0 Å². The maximum Gasteiger partial charge on any atom is 0.165 e. The van der Waals surface area contributed by atoms with Crippen LogP contribution in [0.5, 0.6) is 17.2 Å². The fourth-order valence-corrected chi connectivity index (χ4v) is 0.466. The summed E-state index contributed by atoms with van der Waals surface area (Å²) in [6, 6.07) is 4.42. The molecule has 1 aromatic rings. The van der Waals surface area contributed by atoms with E-state index in [1.807, 2.05) is 0 Å². The number of hydrogen-bond acceptors (Lipinski definition) is 3. The summed E-state index contributed by atoms with van der Waals surface area (Å²) >= 11 is 0. The van der Waals surface area contributed by atoms with Crippen LogP contribution in [0.3, 0.4) is 0 Å². The van der Waals surface area contributed by atoms with Crippen LogP contribution in [0, 0.1) is 6.07 Å². The first-order valence-electron chi connectivity index (χ1n) is 2.33. The average molecular weight is 125 g/mol. The molecular weight excluding hydrogens is 120 g/mol. The molecule has 9 heavy (non-hydrogen) atoms. The molecule has 3 N–H and O–H groups in total. The molecule has 0 aliphatic carbocycles. The molecule has 0 fully saturated rings. The Labute approximate surface area is 51.8 Å². The zero-order valence-electron chi connectivity index (χ0n) is 4.50. The first-order valence-corrected chi connectivity index (χ1v) is 2.33. The minimum absolute atomic E-state index is 0.120. The average Bonchev–Trinajstić information content (AvgIpc) is 1.80. The molecule has 3 heteroatoms. The van der Waals surface area contributed by atoms with Gasteiger partial charge >= 0.3 is 0 Å².